The first-order valence-corrected chi connectivity index (χ1v) is 10.4. The van der Waals surface area contributed by atoms with Gasteiger partial charge in [-0.1, -0.05) is 60.1 Å². The number of fused-ring (bicyclic) bond motifs is 1. The Hall–Kier alpha value is -3.70. The lowest BCUT2D eigenvalue weighted by molar-refractivity contribution is 0.854. The molecule has 31 heavy (non-hydrogen) atoms. The summed E-state index contributed by atoms with van der Waals surface area (Å²) in [6, 6.07) is 26.2. The van der Waals surface area contributed by atoms with Gasteiger partial charge in [0.1, 0.15) is 12.1 Å². The van der Waals surface area contributed by atoms with Gasteiger partial charge in [0.05, 0.1) is 17.1 Å². The van der Waals surface area contributed by atoms with Crippen molar-refractivity contribution in [2.75, 3.05) is 5.32 Å². The van der Waals surface area contributed by atoms with Crippen LogP contribution in [0.3, 0.4) is 0 Å². The summed E-state index contributed by atoms with van der Waals surface area (Å²) in [5, 5.41) is 4.09. The highest BCUT2D eigenvalue weighted by Crippen LogP contribution is 2.27. The molecule has 5 aromatic rings. The Labute approximate surface area is 185 Å². The quantitative estimate of drug-likeness (QED) is 0.358. The van der Waals surface area contributed by atoms with Gasteiger partial charge in [-0.15, -0.1) is 0 Å². The van der Waals surface area contributed by atoms with Crippen molar-refractivity contribution in [2.45, 2.75) is 13.0 Å². The van der Waals surface area contributed by atoms with E-state index in [1.54, 1.807) is 12.5 Å². The maximum Gasteiger partial charge on any atom is 0.225 e. The molecule has 1 atom stereocenters. The maximum absolute atomic E-state index is 6.15. The second-order valence-corrected chi connectivity index (χ2v) is 7.78. The standard InChI is InChI=1S/C25H20ClN5/c1-17(18-6-3-2-4-7-18)29-25-27-13-12-24(30-25)31-16-28-22-15-20(10-11-23(22)31)19-8-5-9-21(26)14-19/h2-17H,1H3,(H,27,29,30)/t17-/m0/s1. The number of nitrogens with one attached hydrogen (secondary N) is 1. The molecule has 2 heterocycles. The van der Waals surface area contributed by atoms with E-state index in [9.17, 15) is 0 Å². The largest absolute Gasteiger partial charge is 0.348 e. The molecular weight excluding hydrogens is 406 g/mol. The molecule has 6 heteroatoms. The van der Waals surface area contributed by atoms with Crippen molar-refractivity contribution in [1.82, 2.24) is 19.5 Å². The molecule has 0 unspecified atom stereocenters. The summed E-state index contributed by atoms with van der Waals surface area (Å²) in [4.78, 5) is 13.7. The van der Waals surface area contributed by atoms with Gasteiger partial charge < -0.3 is 5.32 Å². The van der Waals surface area contributed by atoms with Crippen LogP contribution in [0.25, 0.3) is 28.0 Å². The third-order valence-corrected chi connectivity index (χ3v) is 5.47. The highest BCUT2D eigenvalue weighted by Gasteiger charge is 2.11. The minimum atomic E-state index is 0.0937. The van der Waals surface area contributed by atoms with E-state index in [0.717, 1.165) is 28.0 Å². The molecule has 0 spiro atoms. The Morgan fingerprint density at radius 3 is 2.55 bits per heavy atom. The third-order valence-electron chi connectivity index (χ3n) is 5.24. The van der Waals surface area contributed by atoms with E-state index in [-0.39, 0.29) is 6.04 Å². The van der Waals surface area contributed by atoms with Crippen LogP contribution < -0.4 is 5.32 Å². The van der Waals surface area contributed by atoms with Crippen molar-refractivity contribution < 1.29 is 0 Å². The van der Waals surface area contributed by atoms with Crippen LogP contribution in [0.1, 0.15) is 18.5 Å². The Morgan fingerprint density at radius 1 is 0.871 bits per heavy atom. The molecule has 0 saturated heterocycles. The number of anilines is 1. The normalized spacial score (nSPS) is 12.1. The van der Waals surface area contributed by atoms with Crippen LogP contribution in [-0.2, 0) is 0 Å². The Balaban J connectivity index is 1.45. The molecule has 3 aromatic carbocycles. The molecule has 0 fully saturated rings. The summed E-state index contributed by atoms with van der Waals surface area (Å²) >= 11 is 6.15. The predicted molar refractivity (Wildman–Crippen MR) is 126 cm³/mol. The van der Waals surface area contributed by atoms with Gasteiger partial charge in [-0.2, -0.15) is 4.98 Å². The summed E-state index contributed by atoms with van der Waals surface area (Å²) in [6.07, 6.45) is 3.55. The highest BCUT2D eigenvalue weighted by molar-refractivity contribution is 6.30. The number of benzene rings is 3. The van der Waals surface area contributed by atoms with Crippen molar-refractivity contribution in [1.29, 1.82) is 0 Å². The Kier molecular flexibility index (Phi) is 5.10. The van der Waals surface area contributed by atoms with Gasteiger partial charge in [0, 0.05) is 11.2 Å². The first kappa shape index (κ1) is 19.3. The molecule has 5 rings (SSSR count). The number of hydrogen-bond acceptors (Lipinski definition) is 4. The smallest absolute Gasteiger partial charge is 0.225 e. The lowest BCUT2D eigenvalue weighted by Gasteiger charge is -2.14. The van der Waals surface area contributed by atoms with Crippen LogP contribution in [-0.4, -0.2) is 19.5 Å². The summed E-state index contributed by atoms with van der Waals surface area (Å²) in [6.45, 7) is 2.09. The minimum absolute atomic E-state index is 0.0937. The van der Waals surface area contributed by atoms with Gasteiger partial charge in [0.15, 0.2) is 0 Å². The van der Waals surface area contributed by atoms with E-state index >= 15 is 0 Å². The summed E-state index contributed by atoms with van der Waals surface area (Å²) in [5.74, 6) is 1.34. The van der Waals surface area contributed by atoms with Crippen LogP contribution >= 0.6 is 11.6 Å². The van der Waals surface area contributed by atoms with Crippen LogP contribution in [0.15, 0.2) is 91.4 Å². The molecule has 0 aliphatic carbocycles. The van der Waals surface area contributed by atoms with Crippen LogP contribution in [0.4, 0.5) is 5.95 Å². The van der Waals surface area contributed by atoms with Crippen molar-refractivity contribution in [3.05, 3.63) is 102 Å². The van der Waals surface area contributed by atoms with E-state index < -0.39 is 0 Å². The van der Waals surface area contributed by atoms with Gasteiger partial charge in [0.25, 0.3) is 0 Å². The maximum atomic E-state index is 6.15. The molecule has 152 valence electrons. The zero-order valence-electron chi connectivity index (χ0n) is 16.9. The van der Waals surface area contributed by atoms with Crippen LogP contribution in [0, 0.1) is 0 Å². The first-order valence-electron chi connectivity index (χ1n) is 10.1. The highest BCUT2D eigenvalue weighted by atomic mass is 35.5. The SMILES string of the molecule is C[C@H](Nc1nccc(-n2cnc3cc(-c4cccc(Cl)c4)ccc32)n1)c1ccccc1. The van der Waals surface area contributed by atoms with Gasteiger partial charge in [-0.05, 0) is 53.9 Å². The molecule has 0 amide bonds. The molecular formula is C25H20ClN5. The average molecular weight is 426 g/mol. The predicted octanol–water partition coefficient (Wildman–Crippen LogP) is 6.31. The zero-order chi connectivity index (χ0) is 21.2. The fourth-order valence-electron chi connectivity index (χ4n) is 3.61. The summed E-state index contributed by atoms with van der Waals surface area (Å²) in [5.41, 5.74) is 5.18. The number of hydrogen-bond donors (Lipinski definition) is 1. The molecule has 0 saturated carbocycles. The van der Waals surface area contributed by atoms with E-state index in [1.165, 1.54) is 5.56 Å². The Bertz CT molecular complexity index is 1350. The monoisotopic (exact) mass is 425 g/mol. The first-order chi connectivity index (χ1) is 15.2. The molecule has 1 N–H and O–H groups in total. The number of rotatable bonds is 5. The summed E-state index contributed by atoms with van der Waals surface area (Å²) < 4.78 is 1.97. The lowest BCUT2D eigenvalue weighted by Crippen LogP contribution is -2.10. The molecule has 0 radical (unpaired) electrons. The van der Waals surface area contributed by atoms with E-state index in [4.69, 9.17) is 16.6 Å². The summed E-state index contributed by atoms with van der Waals surface area (Å²) in [7, 11) is 0. The number of aromatic nitrogens is 4. The average Bonchev–Trinajstić information content (AvgIpc) is 3.23. The van der Waals surface area contributed by atoms with Crippen LogP contribution in [0.5, 0.6) is 0 Å². The van der Waals surface area contributed by atoms with E-state index in [1.807, 2.05) is 53.1 Å². The molecule has 5 nitrogen and oxygen atoms in total. The molecule has 2 aromatic heterocycles. The Morgan fingerprint density at radius 2 is 1.71 bits per heavy atom. The number of nitrogens with zero attached hydrogens (tertiary/aromatic N) is 4. The van der Waals surface area contributed by atoms with Gasteiger partial charge in [-0.25, -0.2) is 9.97 Å². The van der Waals surface area contributed by atoms with Crippen molar-refractivity contribution in [3.8, 4) is 16.9 Å². The zero-order valence-corrected chi connectivity index (χ0v) is 17.7. The van der Waals surface area contributed by atoms with Gasteiger partial charge >= 0.3 is 0 Å². The molecule has 0 bridgehead atoms. The molecule has 0 aliphatic heterocycles. The topological polar surface area (TPSA) is 55.6 Å². The fraction of sp³-hybridized carbons (Fsp3) is 0.0800. The second-order valence-electron chi connectivity index (χ2n) is 7.34. The van der Waals surface area contributed by atoms with Crippen molar-refractivity contribution in [2.24, 2.45) is 0 Å². The van der Waals surface area contributed by atoms with Crippen molar-refractivity contribution >= 4 is 28.6 Å². The third kappa shape index (κ3) is 4.00. The van der Waals surface area contributed by atoms with Gasteiger partial charge in [-0.3, -0.25) is 4.57 Å². The minimum Gasteiger partial charge on any atom is -0.348 e. The number of halogens is 1. The lowest BCUT2D eigenvalue weighted by atomic mass is 10.1. The van der Waals surface area contributed by atoms with E-state index in [2.05, 4.69) is 52.5 Å². The fourth-order valence-corrected chi connectivity index (χ4v) is 3.80. The van der Waals surface area contributed by atoms with Crippen molar-refractivity contribution in [3.63, 3.8) is 0 Å². The molecule has 0 aliphatic rings. The number of imidazole rings is 1. The van der Waals surface area contributed by atoms with Crippen LogP contribution in [0.2, 0.25) is 5.02 Å². The second kappa shape index (κ2) is 8.20. The van der Waals surface area contributed by atoms with E-state index in [0.29, 0.717) is 11.0 Å². The van der Waals surface area contributed by atoms with Gasteiger partial charge in [0.2, 0.25) is 5.95 Å².